The largest absolute Gasteiger partial charge is 0.396 e. The van der Waals surface area contributed by atoms with Crippen LogP contribution in [-0.2, 0) is 37.4 Å². The summed E-state index contributed by atoms with van der Waals surface area (Å²) in [5.41, 5.74) is -0.785. The highest BCUT2D eigenvalue weighted by atomic mass is 35.5. The van der Waals surface area contributed by atoms with E-state index in [0.717, 1.165) is 12.8 Å². The Hall–Kier alpha value is -2.54. The second-order valence-electron chi connectivity index (χ2n) is 12.6. The molecule has 12 heteroatoms. The molecule has 2 aliphatic heterocycles. The van der Waals surface area contributed by atoms with Crippen LogP contribution in [0.15, 0.2) is 65.6 Å². The number of nitrogens with zero attached hydrogens (tertiary/aromatic N) is 2. The van der Waals surface area contributed by atoms with Crippen LogP contribution in [0.4, 0.5) is 0 Å². The fraction of sp³-hybridized carbons (Fsp3) is 0.424. The molecule has 3 aromatic carbocycles. The number of carbonyl (C=O) groups excluding carboxylic acids is 1. The first-order valence-electron chi connectivity index (χ1n) is 14.9. The maximum atomic E-state index is 14.6. The standard InChI is InChI=1S/C33H36Cl2N2O7S/c1-31(2,40)24-6-10-28-27(17-24)30(39)37(33(28,23-4-8-25(34)9-5-23)44-21-32(20-38)11-12-32)19-22-3-7-26(35)18-29(22)45(41,42)36-13-15-43-16-14-36/h3-10,17-18,38,40H,11-16,19-21H2,1-2H3/t33-/m1/s1. The van der Waals surface area contributed by atoms with Crippen molar-refractivity contribution < 1.29 is 32.9 Å². The third-order valence-electron chi connectivity index (χ3n) is 9.01. The number of halogens is 2. The number of fused-ring (bicyclic) bond motifs is 1. The molecule has 2 fully saturated rings. The lowest BCUT2D eigenvalue weighted by Crippen LogP contribution is -2.48. The number of morpholine rings is 1. The van der Waals surface area contributed by atoms with Crippen LogP contribution in [0.1, 0.15) is 59.3 Å². The van der Waals surface area contributed by atoms with Crippen LogP contribution in [0.3, 0.4) is 0 Å². The zero-order valence-electron chi connectivity index (χ0n) is 25.1. The zero-order chi connectivity index (χ0) is 32.2. The van der Waals surface area contributed by atoms with Gasteiger partial charge in [0.1, 0.15) is 0 Å². The summed E-state index contributed by atoms with van der Waals surface area (Å²) in [6.45, 7) is 4.18. The molecule has 1 saturated heterocycles. The Balaban J connectivity index is 1.53. The van der Waals surface area contributed by atoms with Gasteiger partial charge in [-0.2, -0.15) is 4.31 Å². The summed E-state index contributed by atoms with van der Waals surface area (Å²) >= 11 is 12.7. The first-order chi connectivity index (χ1) is 21.3. The Bertz CT molecular complexity index is 1720. The number of carbonyl (C=O) groups is 1. The van der Waals surface area contributed by atoms with Crippen LogP contribution >= 0.6 is 23.2 Å². The Morgan fingerprint density at radius 2 is 1.64 bits per heavy atom. The van der Waals surface area contributed by atoms with Crippen molar-refractivity contribution in [1.29, 1.82) is 0 Å². The van der Waals surface area contributed by atoms with Gasteiger partial charge in [0, 0.05) is 45.2 Å². The fourth-order valence-corrected chi connectivity index (χ4v) is 8.03. The van der Waals surface area contributed by atoms with Crippen molar-refractivity contribution >= 4 is 39.1 Å². The molecule has 9 nitrogen and oxygen atoms in total. The molecule has 240 valence electrons. The number of amides is 1. The lowest BCUT2D eigenvalue weighted by molar-refractivity contribution is -0.129. The summed E-state index contributed by atoms with van der Waals surface area (Å²) in [5.74, 6) is -0.399. The van der Waals surface area contributed by atoms with Crippen LogP contribution in [-0.4, -0.2) is 73.3 Å². The van der Waals surface area contributed by atoms with Crippen LogP contribution in [0.25, 0.3) is 0 Å². The summed E-state index contributed by atoms with van der Waals surface area (Å²) in [6.07, 6.45) is 1.55. The van der Waals surface area contributed by atoms with Gasteiger partial charge in [-0.15, -0.1) is 0 Å². The van der Waals surface area contributed by atoms with Crippen molar-refractivity contribution in [1.82, 2.24) is 9.21 Å². The van der Waals surface area contributed by atoms with Crippen LogP contribution < -0.4 is 0 Å². The average Bonchev–Trinajstić information content (AvgIpc) is 3.77. The zero-order valence-corrected chi connectivity index (χ0v) is 27.5. The van der Waals surface area contributed by atoms with Gasteiger partial charge < -0.3 is 19.7 Å². The third-order valence-corrected chi connectivity index (χ3v) is 11.5. The van der Waals surface area contributed by atoms with Gasteiger partial charge in [-0.3, -0.25) is 9.69 Å². The molecule has 45 heavy (non-hydrogen) atoms. The van der Waals surface area contributed by atoms with E-state index in [2.05, 4.69) is 0 Å². The van der Waals surface area contributed by atoms with Crippen LogP contribution in [0.5, 0.6) is 0 Å². The maximum Gasteiger partial charge on any atom is 0.257 e. The third kappa shape index (κ3) is 5.92. The molecule has 2 N–H and O–H groups in total. The molecule has 0 unspecified atom stereocenters. The second-order valence-corrected chi connectivity index (χ2v) is 15.4. The minimum atomic E-state index is -4.00. The summed E-state index contributed by atoms with van der Waals surface area (Å²) < 4.78 is 41.5. The van der Waals surface area contributed by atoms with Crippen molar-refractivity contribution in [3.05, 3.63) is 98.5 Å². The lowest BCUT2D eigenvalue weighted by Gasteiger charge is -2.41. The van der Waals surface area contributed by atoms with E-state index in [1.165, 1.54) is 15.3 Å². The number of hydrogen-bond acceptors (Lipinski definition) is 7. The van der Waals surface area contributed by atoms with E-state index in [-0.39, 0.29) is 56.0 Å². The molecule has 1 aliphatic carbocycles. The van der Waals surface area contributed by atoms with E-state index in [4.69, 9.17) is 32.7 Å². The molecule has 0 bridgehead atoms. The number of ether oxygens (including phenoxy) is 2. The number of benzene rings is 3. The summed E-state index contributed by atoms with van der Waals surface area (Å²) in [6, 6.07) is 16.8. The Morgan fingerprint density at radius 1 is 0.978 bits per heavy atom. The number of sulfonamides is 1. The molecular weight excluding hydrogens is 639 g/mol. The molecular formula is C33H36Cl2N2O7S. The van der Waals surface area contributed by atoms with Gasteiger partial charge in [-0.05, 0) is 68.1 Å². The topological polar surface area (TPSA) is 117 Å². The normalized spacial score (nSPS) is 21.6. The first-order valence-corrected chi connectivity index (χ1v) is 17.1. The number of aliphatic hydroxyl groups excluding tert-OH is 1. The second kappa shape index (κ2) is 11.9. The minimum absolute atomic E-state index is 0.00290. The fourth-order valence-electron chi connectivity index (χ4n) is 6.02. The highest BCUT2D eigenvalue weighted by Crippen LogP contribution is 2.52. The quantitative estimate of drug-likeness (QED) is 0.315. The van der Waals surface area contributed by atoms with E-state index in [9.17, 15) is 23.4 Å². The van der Waals surface area contributed by atoms with Crippen molar-refractivity contribution in [2.75, 3.05) is 39.5 Å². The minimum Gasteiger partial charge on any atom is -0.396 e. The van der Waals surface area contributed by atoms with E-state index < -0.39 is 32.7 Å². The SMILES string of the molecule is CC(C)(O)c1ccc2c(c1)C(=O)N(Cc1ccc(Cl)cc1S(=O)(=O)N1CCOCC1)[C@@]2(OCC1(CO)CC1)c1ccc(Cl)cc1. The molecule has 1 amide bonds. The lowest BCUT2D eigenvalue weighted by atomic mass is 9.89. The number of aliphatic hydroxyl groups is 2. The van der Waals surface area contributed by atoms with Gasteiger partial charge in [0.25, 0.3) is 5.91 Å². The van der Waals surface area contributed by atoms with Gasteiger partial charge >= 0.3 is 0 Å². The molecule has 1 saturated carbocycles. The molecule has 0 spiro atoms. The molecule has 1 atom stereocenters. The van der Waals surface area contributed by atoms with E-state index in [1.807, 2.05) is 0 Å². The smallest absolute Gasteiger partial charge is 0.257 e. The van der Waals surface area contributed by atoms with E-state index >= 15 is 0 Å². The molecule has 0 aromatic heterocycles. The Morgan fingerprint density at radius 3 is 2.27 bits per heavy atom. The van der Waals surface area contributed by atoms with Crippen molar-refractivity contribution in [2.24, 2.45) is 5.41 Å². The average molecular weight is 676 g/mol. The summed E-state index contributed by atoms with van der Waals surface area (Å²) in [7, 11) is -4.00. The molecule has 2 heterocycles. The van der Waals surface area contributed by atoms with Crippen LogP contribution in [0, 0.1) is 5.41 Å². The first kappa shape index (κ1) is 32.4. The molecule has 3 aliphatic rings. The molecule has 3 aromatic rings. The Kier molecular flexibility index (Phi) is 8.58. The number of rotatable bonds is 10. The van der Waals surface area contributed by atoms with Crippen molar-refractivity contribution in [2.45, 2.75) is 49.5 Å². The van der Waals surface area contributed by atoms with Gasteiger partial charge in [-0.1, -0.05) is 53.5 Å². The molecule has 6 rings (SSSR count). The van der Waals surface area contributed by atoms with Crippen molar-refractivity contribution in [3.8, 4) is 0 Å². The predicted molar refractivity (Wildman–Crippen MR) is 170 cm³/mol. The van der Waals surface area contributed by atoms with Gasteiger partial charge in [0.05, 0.1) is 43.5 Å². The predicted octanol–water partition coefficient (Wildman–Crippen LogP) is 4.89. The highest BCUT2D eigenvalue weighted by Gasteiger charge is 2.55. The van der Waals surface area contributed by atoms with E-state index in [0.29, 0.717) is 32.8 Å². The van der Waals surface area contributed by atoms with Gasteiger partial charge in [0.2, 0.25) is 10.0 Å². The highest BCUT2D eigenvalue weighted by molar-refractivity contribution is 7.89. The van der Waals surface area contributed by atoms with Crippen molar-refractivity contribution in [3.63, 3.8) is 0 Å². The number of hydrogen-bond donors (Lipinski definition) is 2. The summed E-state index contributed by atoms with van der Waals surface area (Å²) in [5, 5.41) is 21.7. The monoisotopic (exact) mass is 674 g/mol. The summed E-state index contributed by atoms with van der Waals surface area (Å²) in [4.78, 5) is 16.1. The van der Waals surface area contributed by atoms with Crippen LogP contribution in [0.2, 0.25) is 10.0 Å². The molecule has 0 radical (unpaired) electrons. The maximum absolute atomic E-state index is 14.6. The Labute approximate surface area is 273 Å². The van der Waals surface area contributed by atoms with E-state index in [1.54, 1.807) is 68.4 Å². The van der Waals surface area contributed by atoms with Gasteiger partial charge in [0.15, 0.2) is 5.72 Å². The van der Waals surface area contributed by atoms with Gasteiger partial charge in [-0.25, -0.2) is 8.42 Å².